The molecule has 0 radical (unpaired) electrons. The molecule has 4 N–H and O–H groups in total. The van der Waals surface area contributed by atoms with Crippen molar-refractivity contribution in [3.8, 4) is 11.1 Å². The molecule has 0 unspecified atom stereocenters. The first-order chi connectivity index (χ1) is 8.41. The number of benzene rings is 2. The second-order valence-corrected chi connectivity index (χ2v) is 5.12. The first-order valence-corrected chi connectivity index (χ1v) is 6.28. The summed E-state index contributed by atoms with van der Waals surface area (Å²) in [6, 6.07) is 7.34. The molecule has 2 rings (SSSR count). The summed E-state index contributed by atoms with van der Waals surface area (Å²) in [5, 5.41) is 1.21. The summed E-state index contributed by atoms with van der Waals surface area (Å²) >= 11 is 12.6. The number of nitrogens with two attached hydrogens (primary N) is 2. The molecule has 0 aliphatic carbocycles. The maximum absolute atomic E-state index is 6.35. The van der Waals surface area contributed by atoms with E-state index in [2.05, 4.69) is 0 Å². The Morgan fingerprint density at radius 2 is 1.61 bits per heavy atom. The van der Waals surface area contributed by atoms with Crippen molar-refractivity contribution < 1.29 is 0 Å². The van der Waals surface area contributed by atoms with E-state index in [1.807, 2.05) is 26.0 Å². The normalized spacial score (nSPS) is 10.7. The fourth-order valence-corrected chi connectivity index (χ4v) is 2.47. The molecule has 4 heteroatoms. The molecular formula is C14H14Cl2N2. The van der Waals surface area contributed by atoms with Crippen molar-refractivity contribution in [1.29, 1.82) is 0 Å². The smallest absolute Gasteiger partial charge is 0.0534 e. The van der Waals surface area contributed by atoms with E-state index in [9.17, 15) is 0 Å². The van der Waals surface area contributed by atoms with Crippen LogP contribution in [0.3, 0.4) is 0 Å². The van der Waals surface area contributed by atoms with Crippen LogP contribution in [0.4, 0.5) is 11.4 Å². The van der Waals surface area contributed by atoms with Gasteiger partial charge >= 0.3 is 0 Å². The third kappa shape index (κ3) is 2.14. The van der Waals surface area contributed by atoms with Gasteiger partial charge < -0.3 is 11.5 Å². The minimum Gasteiger partial charge on any atom is -0.399 e. The van der Waals surface area contributed by atoms with E-state index in [-0.39, 0.29) is 0 Å². The predicted molar refractivity (Wildman–Crippen MR) is 80.2 cm³/mol. The Morgan fingerprint density at radius 1 is 0.944 bits per heavy atom. The molecular weight excluding hydrogens is 267 g/mol. The van der Waals surface area contributed by atoms with Crippen molar-refractivity contribution in [1.82, 2.24) is 0 Å². The zero-order valence-corrected chi connectivity index (χ0v) is 11.7. The molecule has 0 amide bonds. The summed E-state index contributed by atoms with van der Waals surface area (Å²) in [4.78, 5) is 0. The van der Waals surface area contributed by atoms with E-state index in [4.69, 9.17) is 34.7 Å². The first kappa shape index (κ1) is 13.1. The van der Waals surface area contributed by atoms with Crippen LogP contribution in [0.15, 0.2) is 24.3 Å². The lowest BCUT2D eigenvalue weighted by molar-refractivity contribution is 1.38. The fraction of sp³-hybridized carbons (Fsp3) is 0.143. The number of halogens is 2. The van der Waals surface area contributed by atoms with Gasteiger partial charge in [0, 0.05) is 22.5 Å². The van der Waals surface area contributed by atoms with Gasteiger partial charge in [-0.3, -0.25) is 0 Å². The van der Waals surface area contributed by atoms with Crippen LogP contribution in [0.5, 0.6) is 0 Å². The van der Waals surface area contributed by atoms with Crippen LogP contribution in [0.1, 0.15) is 11.1 Å². The summed E-state index contributed by atoms with van der Waals surface area (Å²) < 4.78 is 0. The van der Waals surface area contributed by atoms with E-state index in [1.54, 1.807) is 12.1 Å². The maximum atomic E-state index is 6.35. The highest BCUT2D eigenvalue weighted by Gasteiger charge is 2.13. The summed E-state index contributed by atoms with van der Waals surface area (Å²) in [6.07, 6.45) is 0. The van der Waals surface area contributed by atoms with Crippen LogP contribution < -0.4 is 11.5 Å². The van der Waals surface area contributed by atoms with Crippen LogP contribution >= 0.6 is 23.2 Å². The van der Waals surface area contributed by atoms with E-state index < -0.39 is 0 Å². The standard InChI is InChI=1S/C14H14Cl2N2/c1-7-5-11(13(16)8(2)14(7)18)10-4-3-9(17)6-12(10)15/h3-6H,17-18H2,1-2H3. The molecule has 0 saturated carbocycles. The minimum absolute atomic E-state index is 0.584. The number of rotatable bonds is 1. The lowest BCUT2D eigenvalue weighted by Crippen LogP contribution is -1.96. The Morgan fingerprint density at radius 3 is 2.22 bits per heavy atom. The lowest BCUT2D eigenvalue weighted by atomic mass is 9.98. The van der Waals surface area contributed by atoms with Crippen molar-refractivity contribution in [2.75, 3.05) is 11.5 Å². The van der Waals surface area contributed by atoms with Gasteiger partial charge in [0.2, 0.25) is 0 Å². The molecule has 0 aliphatic heterocycles. The molecule has 2 aromatic rings. The van der Waals surface area contributed by atoms with Crippen LogP contribution in [0.2, 0.25) is 10.0 Å². The van der Waals surface area contributed by atoms with Crippen molar-refractivity contribution >= 4 is 34.6 Å². The molecule has 0 aromatic heterocycles. The van der Waals surface area contributed by atoms with E-state index in [1.165, 1.54) is 0 Å². The largest absolute Gasteiger partial charge is 0.399 e. The Bertz CT molecular complexity index is 622. The number of aryl methyl sites for hydroxylation is 1. The molecule has 94 valence electrons. The zero-order chi connectivity index (χ0) is 13.4. The molecule has 2 nitrogen and oxygen atoms in total. The van der Waals surface area contributed by atoms with Crippen LogP contribution in [-0.4, -0.2) is 0 Å². The SMILES string of the molecule is Cc1cc(-c2ccc(N)cc2Cl)c(Cl)c(C)c1N. The van der Waals surface area contributed by atoms with Crippen LogP contribution in [-0.2, 0) is 0 Å². The van der Waals surface area contributed by atoms with E-state index >= 15 is 0 Å². The van der Waals surface area contributed by atoms with Crippen molar-refractivity contribution in [3.05, 3.63) is 45.4 Å². The van der Waals surface area contributed by atoms with Gasteiger partial charge in [-0.1, -0.05) is 29.3 Å². The van der Waals surface area contributed by atoms with Gasteiger partial charge in [-0.05, 0) is 43.2 Å². The van der Waals surface area contributed by atoms with Gasteiger partial charge in [0.1, 0.15) is 0 Å². The molecule has 0 fully saturated rings. The van der Waals surface area contributed by atoms with Crippen LogP contribution in [0.25, 0.3) is 11.1 Å². The lowest BCUT2D eigenvalue weighted by Gasteiger charge is -2.14. The molecule has 2 aromatic carbocycles. The second-order valence-electron chi connectivity index (χ2n) is 4.33. The summed E-state index contributed by atoms with van der Waals surface area (Å²) in [7, 11) is 0. The van der Waals surface area contributed by atoms with Gasteiger partial charge in [-0.2, -0.15) is 0 Å². The van der Waals surface area contributed by atoms with Crippen molar-refractivity contribution in [2.24, 2.45) is 0 Å². The summed E-state index contributed by atoms with van der Waals surface area (Å²) in [5.74, 6) is 0. The molecule has 0 heterocycles. The Kier molecular flexibility index (Phi) is 3.42. The Hall–Kier alpha value is -1.38. The molecule has 0 aliphatic rings. The van der Waals surface area contributed by atoms with Crippen LogP contribution in [0, 0.1) is 13.8 Å². The number of anilines is 2. The highest BCUT2D eigenvalue weighted by atomic mass is 35.5. The van der Waals surface area contributed by atoms with Gasteiger partial charge in [0.15, 0.2) is 0 Å². The Balaban J connectivity index is 2.72. The zero-order valence-electron chi connectivity index (χ0n) is 10.2. The maximum Gasteiger partial charge on any atom is 0.0534 e. The summed E-state index contributed by atoms with van der Waals surface area (Å²) in [6.45, 7) is 3.85. The van der Waals surface area contributed by atoms with E-state index in [0.717, 1.165) is 27.9 Å². The molecule has 0 spiro atoms. The molecule has 0 bridgehead atoms. The predicted octanol–water partition coefficient (Wildman–Crippen LogP) is 4.44. The van der Waals surface area contributed by atoms with E-state index in [0.29, 0.717) is 15.7 Å². The molecule has 0 saturated heterocycles. The highest BCUT2D eigenvalue weighted by Crippen LogP contribution is 2.39. The Labute approximate surface area is 117 Å². The average molecular weight is 281 g/mol. The third-order valence-corrected chi connectivity index (χ3v) is 3.84. The average Bonchev–Trinajstić information content (AvgIpc) is 2.32. The quantitative estimate of drug-likeness (QED) is 0.759. The van der Waals surface area contributed by atoms with Gasteiger partial charge in [-0.25, -0.2) is 0 Å². The number of hydrogen-bond acceptors (Lipinski definition) is 2. The first-order valence-electron chi connectivity index (χ1n) is 5.52. The van der Waals surface area contributed by atoms with Crippen molar-refractivity contribution in [2.45, 2.75) is 13.8 Å². The summed E-state index contributed by atoms with van der Waals surface area (Å²) in [5.41, 5.74) is 16.6. The molecule has 18 heavy (non-hydrogen) atoms. The van der Waals surface area contributed by atoms with Crippen molar-refractivity contribution in [3.63, 3.8) is 0 Å². The monoisotopic (exact) mass is 280 g/mol. The fourth-order valence-electron chi connectivity index (χ4n) is 1.92. The van der Waals surface area contributed by atoms with Gasteiger partial charge in [0.25, 0.3) is 0 Å². The number of hydrogen-bond donors (Lipinski definition) is 2. The minimum atomic E-state index is 0.584. The number of nitrogen functional groups attached to an aromatic ring is 2. The second kappa shape index (κ2) is 4.71. The molecule has 0 atom stereocenters. The van der Waals surface area contributed by atoms with Gasteiger partial charge in [-0.15, -0.1) is 0 Å². The topological polar surface area (TPSA) is 52.0 Å². The highest BCUT2D eigenvalue weighted by molar-refractivity contribution is 6.37. The third-order valence-electron chi connectivity index (χ3n) is 3.04. The van der Waals surface area contributed by atoms with Gasteiger partial charge in [0.05, 0.1) is 10.0 Å².